The van der Waals surface area contributed by atoms with Crippen LogP contribution in [0.5, 0.6) is 5.75 Å². The van der Waals surface area contributed by atoms with E-state index in [1.807, 2.05) is 23.9 Å². The summed E-state index contributed by atoms with van der Waals surface area (Å²) in [6, 6.07) is 10.4. The summed E-state index contributed by atoms with van der Waals surface area (Å²) in [5, 5.41) is 4.68. The summed E-state index contributed by atoms with van der Waals surface area (Å²) >= 11 is 0. The van der Waals surface area contributed by atoms with Crippen molar-refractivity contribution in [1.82, 2.24) is 9.78 Å². The number of aromatic nitrogens is 2. The van der Waals surface area contributed by atoms with Gasteiger partial charge in [-0.25, -0.2) is 0 Å². The molecule has 4 nitrogen and oxygen atoms in total. The molecule has 0 aliphatic heterocycles. The first kappa shape index (κ1) is 17.5. The molecular formula is C19H29N3O. The monoisotopic (exact) mass is 315 g/mol. The van der Waals surface area contributed by atoms with Crippen LogP contribution in [0.2, 0.25) is 0 Å². The van der Waals surface area contributed by atoms with Crippen LogP contribution >= 0.6 is 0 Å². The van der Waals surface area contributed by atoms with E-state index in [9.17, 15) is 0 Å². The second kappa shape index (κ2) is 7.18. The number of ether oxygens (including phenoxy) is 1. The maximum atomic E-state index is 6.09. The molecule has 0 saturated heterocycles. The second-order valence-corrected chi connectivity index (χ2v) is 7.04. The maximum Gasteiger partial charge on any atom is 0.119 e. The molecule has 1 aromatic carbocycles. The van der Waals surface area contributed by atoms with E-state index in [-0.39, 0.29) is 11.3 Å². The van der Waals surface area contributed by atoms with Gasteiger partial charge in [-0.1, -0.05) is 39.8 Å². The van der Waals surface area contributed by atoms with E-state index in [0.29, 0.717) is 6.54 Å². The minimum absolute atomic E-state index is 0.0290. The minimum Gasteiger partial charge on any atom is -0.494 e. The van der Waals surface area contributed by atoms with Crippen LogP contribution in [0.4, 0.5) is 0 Å². The lowest BCUT2D eigenvalue weighted by Gasteiger charge is -2.17. The molecule has 0 saturated carbocycles. The predicted molar refractivity (Wildman–Crippen MR) is 95.0 cm³/mol. The van der Waals surface area contributed by atoms with E-state index in [0.717, 1.165) is 30.2 Å². The number of benzene rings is 1. The van der Waals surface area contributed by atoms with Gasteiger partial charge < -0.3 is 10.5 Å². The van der Waals surface area contributed by atoms with E-state index >= 15 is 0 Å². The Morgan fingerprint density at radius 2 is 2.00 bits per heavy atom. The zero-order valence-electron chi connectivity index (χ0n) is 15.0. The Labute approximate surface area is 139 Å². The molecule has 0 bridgehead atoms. The molecule has 0 spiro atoms. The Balaban J connectivity index is 2.35. The van der Waals surface area contributed by atoms with Crippen molar-refractivity contribution in [2.45, 2.75) is 45.4 Å². The maximum absolute atomic E-state index is 6.09. The highest BCUT2D eigenvalue weighted by Gasteiger charge is 2.23. The number of nitrogens with zero attached hydrogens (tertiary/aromatic N) is 2. The predicted octanol–water partition coefficient (Wildman–Crippen LogP) is 3.60. The van der Waals surface area contributed by atoms with Crippen LogP contribution in [0.25, 0.3) is 0 Å². The largest absolute Gasteiger partial charge is 0.494 e. The van der Waals surface area contributed by atoms with Crippen molar-refractivity contribution < 1.29 is 4.74 Å². The molecule has 1 atom stereocenters. The first-order valence-electron chi connectivity index (χ1n) is 8.34. The number of hydrogen-bond donors (Lipinski definition) is 1. The van der Waals surface area contributed by atoms with Gasteiger partial charge in [-0.05, 0) is 30.2 Å². The summed E-state index contributed by atoms with van der Waals surface area (Å²) in [7, 11) is 1.99. The summed E-state index contributed by atoms with van der Waals surface area (Å²) in [4.78, 5) is 0. The summed E-state index contributed by atoms with van der Waals surface area (Å²) in [5.74, 6) is 1.02. The highest BCUT2D eigenvalue weighted by atomic mass is 16.5. The van der Waals surface area contributed by atoms with Crippen molar-refractivity contribution in [1.29, 1.82) is 0 Å². The van der Waals surface area contributed by atoms with Crippen molar-refractivity contribution in [3.05, 3.63) is 47.3 Å². The molecule has 1 heterocycles. The van der Waals surface area contributed by atoms with Gasteiger partial charge in [-0.2, -0.15) is 5.10 Å². The Hall–Kier alpha value is -1.81. The normalized spacial score (nSPS) is 13.1. The number of hydrogen-bond acceptors (Lipinski definition) is 3. The second-order valence-electron chi connectivity index (χ2n) is 7.04. The fourth-order valence-electron chi connectivity index (χ4n) is 2.64. The van der Waals surface area contributed by atoms with Gasteiger partial charge in [0.15, 0.2) is 0 Å². The fraction of sp³-hybridized carbons (Fsp3) is 0.526. The lowest BCUT2D eigenvalue weighted by molar-refractivity contribution is 0.317. The molecule has 0 amide bonds. The lowest BCUT2D eigenvalue weighted by atomic mass is 9.90. The molecule has 23 heavy (non-hydrogen) atoms. The zero-order valence-corrected chi connectivity index (χ0v) is 15.0. The molecule has 2 rings (SSSR count). The SMILES string of the molecule is CCCOc1cccc(C(CN)c2cc(C(C)(C)C)nn2C)c1. The van der Waals surface area contributed by atoms with Crippen molar-refractivity contribution in [2.24, 2.45) is 12.8 Å². The van der Waals surface area contributed by atoms with Crippen LogP contribution in [-0.4, -0.2) is 22.9 Å². The van der Waals surface area contributed by atoms with E-state index in [1.165, 1.54) is 5.56 Å². The molecule has 2 aromatic rings. The summed E-state index contributed by atoms with van der Waals surface area (Å²) in [6.07, 6.45) is 1.00. The highest BCUT2D eigenvalue weighted by molar-refractivity contribution is 5.36. The smallest absolute Gasteiger partial charge is 0.119 e. The minimum atomic E-state index is 0.0290. The number of aryl methyl sites for hydroxylation is 1. The highest BCUT2D eigenvalue weighted by Crippen LogP contribution is 2.30. The van der Waals surface area contributed by atoms with Gasteiger partial charge in [0.2, 0.25) is 0 Å². The molecule has 0 aliphatic rings. The summed E-state index contributed by atoms with van der Waals surface area (Å²) in [6.45, 7) is 9.91. The van der Waals surface area contributed by atoms with E-state index in [1.54, 1.807) is 0 Å². The van der Waals surface area contributed by atoms with Gasteiger partial charge in [0.1, 0.15) is 5.75 Å². The van der Waals surface area contributed by atoms with Gasteiger partial charge in [0.05, 0.1) is 12.3 Å². The Bertz CT molecular complexity index is 640. The Morgan fingerprint density at radius 3 is 2.57 bits per heavy atom. The molecule has 1 aromatic heterocycles. The topological polar surface area (TPSA) is 53.1 Å². The lowest BCUT2D eigenvalue weighted by Crippen LogP contribution is -2.17. The first-order chi connectivity index (χ1) is 10.9. The molecule has 126 valence electrons. The summed E-state index contributed by atoms with van der Waals surface area (Å²) < 4.78 is 7.71. The van der Waals surface area contributed by atoms with Crippen molar-refractivity contribution in [2.75, 3.05) is 13.2 Å². The van der Waals surface area contributed by atoms with Crippen LogP contribution in [-0.2, 0) is 12.5 Å². The van der Waals surface area contributed by atoms with Crippen LogP contribution in [0, 0.1) is 0 Å². The van der Waals surface area contributed by atoms with Gasteiger partial charge in [0.25, 0.3) is 0 Å². The van der Waals surface area contributed by atoms with Crippen molar-refractivity contribution >= 4 is 0 Å². The van der Waals surface area contributed by atoms with E-state index < -0.39 is 0 Å². The van der Waals surface area contributed by atoms with Crippen LogP contribution in [0.3, 0.4) is 0 Å². The molecule has 0 radical (unpaired) electrons. The van der Waals surface area contributed by atoms with E-state index in [2.05, 4.69) is 51.0 Å². The Kier molecular flexibility index (Phi) is 5.47. The van der Waals surface area contributed by atoms with E-state index in [4.69, 9.17) is 10.5 Å². The van der Waals surface area contributed by atoms with Crippen molar-refractivity contribution in [3.63, 3.8) is 0 Å². The Morgan fingerprint density at radius 1 is 1.26 bits per heavy atom. The average molecular weight is 315 g/mol. The third kappa shape index (κ3) is 4.14. The average Bonchev–Trinajstić information content (AvgIpc) is 2.89. The number of rotatable bonds is 6. The summed E-state index contributed by atoms with van der Waals surface area (Å²) in [5.41, 5.74) is 9.53. The molecule has 1 unspecified atom stereocenters. The van der Waals surface area contributed by atoms with Gasteiger partial charge >= 0.3 is 0 Å². The molecule has 2 N–H and O–H groups in total. The van der Waals surface area contributed by atoms with Crippen LogP contribution < -0.4 is 10.5 Å². The van der Waals surface area contributed by atoms with Gasteiger partial charge in [-0.15, -0.1) is 0 Å². The first-order valence-corrected chi connectivity index (χ1v) is 8.34. The van der Waals surface area contributed by atoms with Gasteiger partial charge in [-0.3, -0.25) is 4.68 Å². The fourth-order valence-corrected chi connectivity index (χ4v) is 2.64. The quantitative estimate of drug-likeness (QED) is 0.886. The third-order valence-electron chi connectivity index (χ3n) is 4.01. The van der Waals surface area contributed by atoms with Crippen LogP contribution in [0.15, 0.2) is 30.3 Å². The van der Waals surface area contributed by atoms with Crippen LogP contribution in [0.1, 0.15) is 57.0 Å². The van der Waals surface area contributed by atoms with Gasteiger partial charge in [0, 0.05) is 30.6 Å². The molecular weight excluding hydrogens is 286 g/mol. The molecule has 4 heteroatoms. The zero-order chi connectivity index (χ0) is 17.0. The number of nitrogens with two attached hydrogens (primary N) is 1. The standard InChI is InChI=1S/C19H29N3O/c1-6-10-23-15-9-7-8-14(11-15)16(13-20)17-12-18(19(2,3)4)21-22(17)5/h7-9,11-12,16H,6,10,13,20H2,1-5H3. The van der Waals surface area contributed by atoms with Crippen molar-refractivity contribution in [3.8, 4) is 5.75 Å². The molecule has 0 aliphatic carbocycles. The third-order valence-corrected chi connectivity index (χ3v) is 4.01. The molecule has 0 fully saturated rings.